The molecule has 1 unspecified atom stereocenters. The van der Waals surface area contributed by atoms with Gasteiger partial charge in [-0.05, 0) is 31.1 Å². The molecule has 106 valence electrons. The van der Waals surface area contributed by atoms with Crippen molar-refractivity contribution in [1.29, 1.82) is 0 Å². The van der Waals surface area contributed by atoms with Gasteiger partial charge in [-0.1, -0.05) is 0 Å². The molecule has 18 heavy (non-hydrogen) atoms. The molecule has 1 amide bonds. The van der Waals surface area contributed by atoms with Crippen molar-refractivity contribution in [3.05, 3.63) is 0 Å². The molecule has 1 aliphatic rings. The van der Waals surface area contributed by atoms with E-state index in [9.17, 15) is 13.2 Å². The number of rotatable bonds is 8. The zero-order chi connectivity index (χ0) is 13.8. The molecule has 0 aromatic carbocycles. The minimum atomic E-state index is -3.09. The third-order valence-corrected chi connectivity index (χ3v) is 4.35. The number of aliphatic hydroxyl groups is 1. The third-order valence-electron chi connectivity index (χ3n) is 3.37. The van der Waals surface area contributed by atoms with Gasteiger partial charge in [0.05, 0.1) is 11.8 Å². The average molecular weight is 278 g/mol. The Morgan fingerprint density at radius 2 is 2.11 bits per heavy atom. The molecular formula is C11H22N2O4S. The van der Waals surface area contributed by atoms with Gasteiger partial charge in [0, 0.05) is 19.4 Å². The molecule has 0 aromatic rings. The lowest BCUT2D eigenvalue weighted by molar-refractivity contribution is -0.122. The summed E-state index contributed by atoms with van der Waals surface area (Å²) in [5.74, 6) is -0.397. The lowest BCUT2D eigenvalue weighted by Gasteiger charge is -2.17. The Labute approximate surface area is 108 Å². The number of aliphatic hydroxyl groups excluding tert-OH is 1. The largest absolute Gasteiger partial charge is 0.396 e. The van der Waals surface area contributed by atoms with E-state index in [4.69, 9.17) is 10.8 Å². The Bertz CT molecular complexity index is 390. The van der Waals surface area contributed by atoms with E-state index in [1.165, 1.54) is 0 Å². The van der Waals surface area contributed by atoms with E-state index < -0.39 is 15.9 Å². The highest BCUT2D eigenvalue weighted by Crippen LogP contribution is 2.47. The minimum Gasteiger partial charge on any atom is -0.396 e. The summed E-state index contributed by atoms with van der Waals surface area (Å²) in [6.07, 6.45) is 3.96. The maximum atomic E-state index is 11.6. The predicted molar refractivity (Wildman–Crippen MR) is 68.7 cm³/mol. The number of sulfone groups is 1. The van der Waals surface area contributed by atoms with E-state index in [2.05, 4.69) is 5.32 Å². The fourth-order valence-electron chi connectivity index (χ4n) is 1.81. The first kappa shape index (κ1) is 15.4. The molecule has 7 heteroatoms. The molecule has 0 radical (unpaired) electrons. The maximum Gasteiger partial charge on any atom is 0.236 e. The minimum absolute atomic E-state index is 0.0426. The zero-order valence-electron chi connectivity index (χ0n) is 10.7. The van der Waals surface area contributed by atoms with Crippen LogP contribution < -0.4 is 11.1 Å². The van der Waals surface area contributed by atoms with Crippen molar-refractivity contribution in [2.24, 2.45) is 11.1 Å². The molecule has 6 nitrogen and oxygen atoms in total. The third kappa shape index (κ3) is 5.32. The fourth-order valence-corrected chi connectivity index (χ4v) is 2.49. The molecule has 0 aromatic heterocycles. The smallest absolute Gasteiger partial charge is 0.236 e. The summed E-state index contributed by atoms with van der Waals surface area (Å²) in [5.41, 5.74) is 5.66. The van der Waals surface area contributed by atoms with Gasteiger partial charge >= 0.3 is 0 Å². The van der Waals surface area contributed by atoms with Crippen LogP contribution in [0.2, 0.25) is 0 Å². The van der Waals surface area contributed by atoms with Crippen molar-refractivity contribution in [1.82, 2.24) is 5.32 Å². The first-order valence-electron chi connectivity index (χ1n) is 6.10. The Morgan fingerprint density at radius 1 is 1.50 bits per heavy atom. The van der Waals surface area contributed by atoms with Crippen molar-refractivity contribution in [3.63, 3.8) is 0 Å². The van der Waals surface area contributed by atoms with Crippen LogP contribution in [0, 0.1) is 5.41 Å². The zero-order valence-corrected chi connectivity index (χ0v) is 11.5. The summed E-state index contributed by atoms with van der Waals surface area (Å²) in [6.45, 7) is 0.634. The van der Waals surface area contributed by atoms with E-state index in [1.807, 2.05) is 0 Å². The number of hydrogen-bond donors (Lipinski definition) is 3. The summed E-state index contributed by atoms with van der Waals surface area (Å²) in [5, 5.41) is 11.6. The summed E-state index contributed by atoms with van der Waals surface area (Å²) < 4.78 is 21.9. The highest BCUT2D eigenvalue weighted by molar-refractivity contribution is 7.90. The van der Waals surface area contributed by atoms with Gasteiger partial charge in [-0.3, -0.25) is 4.79 Å². The number of nitrogens with two attached hydrogens (primary N) is 1. The monoisotopic (exact) mass is 278 g/mol. The van der Waals surface area contributed by atoms with E-state index in [1.54, 1.807) is 0 Å². The molecule has 1 saturated carbocycles. The van der Waals surface area contributed by atoms with Crippen LogP contribution in [0.4, 0.5) is 0 Å². The van der Waals surface area contributed by atoms with Gasteiger partial charge in [0.1, 0.15) is 9.84 Å². The standard InChI is InChI=1S/C11H22N2O4S/c1-18(16,17)7-2-9(12)10(15)13-8-11(3-4-11)5-6-14/h9,14H,2-8,12H2,1H3,(H,13,15). The summed E-state index contributed by atoms with van der Waals surface area (Å²) in [7, 11) is -3.09. The van der Waals surface area contributed by atoms with Crippen LogP contribution in [-0.4, -0.2) is 50.6 Å². The Kier molecular flexibility index (Phi) is 5.12. The van der Waals surface area contributed by atoms with Crippen LogP contribution in [-0.2, 0) is 14.6 Å². The van der Waals surface area contributed by atoms with Crippen molar-refractivity contribution >= 4 is 15.7 Å². The lowest BCUT2D eigenvalue weighted by Crippen LogP contribution is -2.43. The summed E-state index contributed by atoms with van der Waals surface area (Å²) >= 11 is 0. The fraction of sp³-hybridized carbons (Fsp3) is 0.909. The highest BCUT2D eigenvalue weighted by atomic mass is 32.2. The van der Waals surface area contributed by atoms with Crippen molar-refractivity contribution in [2.75, 3.05) is 25.2 Å². The lowest BCUT2D eigenvalue weighted by atomic mass is 10.0. The molecule has 1 atom stereocenters. The molecule has 0 aliphatic heterocycles. The Hall–Kier alpha value is -0.660. The number of hydrogen-bond acceptors (Lipinski definition) is 5. The normalized spacial score (nSPS) is 19.3. The summed E-state index contributed by atoms with van der Waals surface area (Å²) in [6, 6.07) is -0.787. The molecule has 4 N–H and O–H groups in total. The number of nitrogens with one attached hydrogen (secondary N) is 1. The first-order valence-corrected chi connectivity index (χ1v) is 8.16. The first-order chi connectivity index (χ1) is 8.28. The summed E-state index contributed by atoms with van der Waals surface area (Å²) in [4.78, 5) is 11.6. The van der Waals surface area contributed by atoms with Crippen LogP contribution >= 0.6 is 0 Å². The second-order valence-electron chi connectivity index (χ2n) is 5.22. The SMILES string of the molecule is CS(=O)(=O)CCC(N)C(=O)NCC1(CCO)CC1. The van der Waals surface area contributed by atoms with Gasteiger partial charge in [0.15, 0.2) is 0 Å². The van der Waals surface area contributed by atoms with Crippen LogP contribution in [0.15, 0.2) is 0 Å². The van der Waals surface area contributed by atoms with Gasteiger partial charge in [-0.2, -0.15) is 0 Å². The van der Waals surface area contributed by atoms with Gasteiger partial charge in [0.25, 0.3) is 0 Å². The number of amides is 1. The van der Waals surface area contributed by atoms with Crippen LogP contribution in [0.1, 0.15) is 25.7 Å². The van der Waals surface area contributed by atoms with Crippen LogP contribution in [0.3, 0.4) is 0 Å². The predicted octanol–water partition coefficient (Wildman–Crippen LogP) is -0.973. The van der Waals surface area contributed by atoms with Crippen molar-refractivity contribution in [2.45, 2.75) is 31.7 Å². The van der Waals surface area contributed by atoms with E-state index in [0.717, 1.165) is 19.1 Å². The van der Waals surface area contributed by atoms with E-state index in [0.29, 0.717) is 13.0 Å². The molecule has 1 fully saturated rings. The molecule has 0 bridgehead atoms. The molecular weight excluding hydrogens is 256 g/mol. The van der Waals surface area contributed by atoms with Crippen molar-refractivity contribution < 1.29 is 18.3 Å². The highest BCUT2D eigenvalue weighted by Gasteiger charge is 2.42. The average Bonchev–Trinajstić information content (AvgIpc) is 3.02. The Balaban J connectivity index is 2.28. The molecule has 1 aliphatic carbocycles. The molecule has 0 heterocycles. The van der Waals surface area contributed by atoms with Gasteiger partial charge in [-0.25, -0.2) is 8.42 Å². The van der Waals surface area contributed by atoms with Crippen molar-refractivity contribution in [3.8, 4) is 0 Å². The van der Waals surface area contributed by atoms with E-state index >= 15 is 0 Å². The van der Waals surface area contributed by atoms with Gasteiger partial charge < -0.3 is 16.2 Å². The van der Waals surface area contributed by atoms with E-state index in [-0.39, 0.29) is 30.1 Å². The molecule has 1 rings (SSSR count). The topological polar surface area (TPSA) is 109 Å². The molecule has 0 saturated heterocycles. The quantitative estimate of drug-likeness (QED) is 0.529. The van der Waals surface area contributed by atoms with Gasteiger partial charge in [0.2, 0.25) is 5.91 Å². The number of carbonyl (C=O) groups is 1. The molecule has 0 spiro atoms. The van der Waals surface area contributed by atoms with Crippen LogP contribution in [0.25, 0.3) is 0 Å². The second kappa shape index (κ2) is 5.99. The maximum absolute atomic E-state index is 11.6. The Morgan fingerprint density at radius 3 is 2.56 bits per heavy atom. The van der Waals surface area contributed by atoms with Crippen LogP contribution in [0.5, 0.6) is 0 Å². The van der Waals surface area contributed by atoms with Gasteiger partial charge in [-0.15, -0.1) is 0 Å². The number of carbonyl (C=O) groups excluding carboxylic acids is 1. The second-order valence-corrected chi connectivity index (χ2v) is 7.48.